The zero-order chi connectivity index (χ0) is 20.3. The molecule has 12 heteroatoms. The molecule has 0 fully saturated rings. The van der Waals surface area contributed by atoms with Crippen LogP contribution in [0.3, 0.4) is 0 Å². The first kappa shape index (κ1) is 23.1. The van der Waals surface area contributed by atoms with Crippen LogP contribution in [-0.2, 0) is 28.8 Å². The van der Waals surface area contributed by atoms with Gasteiger partial charge in [-0.25, -0.2) is 0 Å². The van der Waals surface area contributed by atoms with Gasteiger partial charge in [-0.3, -0.25) is 29.0 Å². The molecule has 0 amide bonds. The van der Waals surface area contributed by atoms with Crippen molar-refractivity contribution in [3.63, 3.8) is 0 Å². The first-order valence-electron chi connectivity index (χ1n) is 7.38. The fourth-order valence-corrected chi connectivity index (χ4v) is 2.38. The maximum Gasteiger partial charge on any atom is 0.320 e. The maximum absolute atomic E-state index is 11.4. The first-order valence-corrected chi connectivity index (χ1v) is 7.38. The molecule has 4 N–H and O–H groups in total. The molecule has 2 unspecified atom stereocenters. The van der Waals surface area contributed by atoms with Crippen molar-refractivity contribution in [2.24, 2.45) is 0 Å². The third kappa shape index (κ3) is 8.30. The van der Waals surface area contributed by atoms with Crippen molar-refractivity contribution in [3.8, 4) is 0 Å². The summed E-state index contributed by atoms with van der Waals surface area (Å²) in [4.78, 5) is 67.4. The van der Waals surface area contributed by atoms with Crippen LogP contribution in [0, 0.1) is 0 Å². The van der Waals surface area contributed by atoms with E-state index < -0.39 is 62.1 Å². The Morgan fingerprint density at radius 3 is 1.19 bits per heavy atom. The van der Waals surface area contributed by atoms with E-state index in [0.29, 0.717) is 12.6 Å². The van der Waals surface area contributed by atoms with Crippen molar-refractivity contribution in [2.75, 3.05) is 26.2 Å². The smallest absolute Gasteiger partial charge is 0.320 e. The summed E-state index contributed by atoms with van der Waals surface area (Å²) in [5.41, 5.74) is 0. The highest BCUT2D eigenvalue weighted by atomic mass is 16.4. The van der Waals surface area contributed by atoms with Crippen LogP contribution in [0.4, 0.5) is 0 Å². The molecule has 0 rings (SSSR count). The van der Waals surface area contributed by atoms with Gasteiger partial charge in [-0.05, 0) is 12.8 Å². The van der Waals surface area contributed by atoms with Crippen LogP contribution in [0.5, 0.6) is 0 Å². The fourth-order valence-electron chi connectivity index (χ4n) is 2.38. The molecule has 0 radical (unpaired) electrons. The molecule has 12 nitrogen and oxygen atoms in total. The molecular weight excluding hydrogens is 356 g/mol. The SMILES string of the molecule is O=CCN(CC(=O)O)C(CCC(C(=O)O)N(CC=O)CC(=O)O)C(=O)O. The lowest BCUT2D eigenvalue weighted by molar-refractivity contribution is -0.151. The summed E-state index contributed by atoms with van der Waals surface area (Å²) < 4.78 is 0. The minimum atomic E-state index is -1.47. The van der Waals surface area contributed by atoms with Crippen molar-refractivity contribution in [1.29, 1.82) is 0 Å². The van der Waals surface area contributed by atoms with E-state index in [1.54, 1.807) is 0 Å². The molecule has 2 atom stereocenters. The minimum Gasteiger partial charge on any atom is -0.480 e. The number of aldehydes is 2. The molecule has 146 valence electrons. The maximum atomic E-state index is 11.4. The Labute approximate surface area is 147 Å². The van der Waals surface area contributed by atoms with Gasteiger partial charge in [-0.1, -0.05) is 0 Å². The van der Waals surface area contributed by atoms with Gasteiger partial charge in [0.25, 0.3) is 0 Å². The number of carbonyl (C=O) groups excluding carboxylic acids is 2. The number of aliphatic carboxylic acids is 4. The molecule has 0 saturated carbocycles. The van der Waals surface area contributed by atoms with Gasteiger partial charge in [-0.15, -0.1) is 0 Å². The lowest BCUT2D eigenvalue weighted by atomic mass is 10.0. The van der Waals surface area contributed by atoms with E-state index in [-0.39, 0.29) is 12.8 Å². The van der Waals surface area contributed by atoms with Crippen molar-refractivity contribution < 1.29 is 49.2 Å². The number of hydrogen-bond acceptors (Lipinski definition) is 8. The zero-order valence-electron chi connectivity index (χ0n) is 13.7. The van der Waals surface area contributed by atoms with Gasteiger partial charge < -0.3 is 30.0 Å². The molecule has 0 aromatic heterocycles. The second-order valence-corrected chi connectivity index (χ2v) is 5.27. The first-order chi connectivity index (χ1) is 12.1. The van der Waals surface area contributed by atoms with Crippen LogP contribution in [0.1, 0.15) is 12.8 Å². The third-order valence-corrected chi connectivity index (χ3v) is 3.46. The summed E-state index contributed by atoms with van der Waals surface area (Å²) in [7, 11) is 0. The van der Waals surface area contributed by atoms with E-state index in [9.17, 15) is 39.0 Å². The lowest BCUT2D eigenvalue weighted by Gasteiger charge is -2.29. The molecule has 0 aliphatic heterocycles. The highest BCUT2D eigenvalue weighted by molar-refractivity contribution is 5.78. The van der Waals surface area contributed by atoms with Gasteiger partial charge in [0.2, 0.25) is 0 Å². The van der Waals surface area contributed by atoms with E-state index in [1.807, 2.05) is 0 Å². The van der Waals surface area contributed by atoms with Gasteiger partial charge in [-0.2, -0.15) is 0 Å². The van der Waals surface area contributed by atoms with Crippen molar-refractivity contribution in [3.05, 3.63) is 0 Å². The average molecular weight is 376 g/mol. The van der Waals surface area contributed by atoms with Crippen molar-refractivity contribution in [2.45, 2.75) is 24.9 Å². The van der Waals surface area contributed by atoms with E-state index >= 15 is 0 Å². The van der Waals surface area contributed by atoms with E-state index in [1.165, 1.54) is 0 Å². The molecule has 0 bridgehead atoms. The van der Waals surface area contributed by atoms with Gasteiger partial charge in [0, 0.05) is 0 Å². The average Bonchev–Trinajstić information content (AvgIpc) is 2.49. The monoisotopic (exact) mass is 376 g/mol. The summed E-state index contributed by atoms with van der Waals surface area (Å²) in [6, 6.07) is -2.94. The Balaban J connectivity index is 5.33. The Morgan fingerprint density at radius 2 is 1.00 bits per heavy atom. The molecule has 0 heterocycles. The number of carboxylic acid groups (broad SMARTS) is 4. The number of rotatable bonds is 15. The molecule has 0 aliphatic rings. The Hall–Kier alpha value is -2.86. The normalized spacial score (nSPS) is 13.2. The van der Waals surface area contributed by atoms with Crippen LogP contribution in [-0.4, -0.2) is 105 Å². The van der Waals surface area contributed by atoms with Crippen molar-refractivity contribution >= 4 is 36.4 Å². The molecule has 0 aromatic carbocycles. The predicted octanol–water partition coefficient (Wildman–Crippen LogP) is -2.16. The largest absolute Gasteiger partial charge is 0.480 e. The molecule has 0 saturated heterocycles. The lowest BCUT2D eigenvalue weighted by Crippen LogP contribution is -2.48. The second-order valence-electron chi connectivity index (χ2n) is 5.27. The quantitative estimate of drug-likeness (QED) is 0.227. The molecule has 0 spiro atoms. The third-order valence-electron chi connectivity index (χ3n) is 3.46. The standard InChI is InChI=1S/C14H20N2O10/c17-5-3-15(7-11(19)20)9(13(23)24)1-2-10(14(25)26)16(4-6-18)8-12(21)22/h5-6,9-10H,1-4,7-8H2,(H,19,20)(H,21,22)(H,23,24)(H,25,26). The van der Waals surface area contributed by atoms with Crippen LogP contribution < -0.4 is 0 Å². The number of carboxylic acids is 4. The number of hydrogen-bond donors (Lipinski definition) is 4. The zero-order valence-corrected chi connectivity index (χ0v) is 13.7. The molecule has 0 aliphatic carbocycles. The van der Waals surface area contributed by atoms with Crippen LogP contribution in [0.15, 0.2) is 0 Å². The molecule has 0 aromatic rings. The Bertz CT molecular complexity index is 502. The topological polar surface area (TPSA) is 190 Å². The van der Waals surface area contributed by atoms with Crippen molar-refractivity contribution in [1.82, 2.24) is 9.80 Å². The summed E-state index contributed by atoms with van der Waals surface area (Å²) in [5, 5.41) is 36.1. The predicted molar refractivity (Wildman–Crippen MR) is 82.6 cm³/mol. The van der Waals surface area contributed by atoms with Gasteiger partial charge in [0.15, 0.2) is 0 Å². The number of carbonyl (C=O) groups is 6. The highest BCUT2D eigenvalue weighted by Crippen LogP contribution is 2.14. The number of nitrogens with zero attached hydrogens (tertiary/aromatic N) is 2. The highest BCUT2D eigenvalue weighted by Gasteiger charge is 2.32. The Kier molecular flexibility index (Phi) is 10.4. The van der Waals surface area contributed by atoms with Crippen LogP contribution >= 0.6 is 0 Å². The van der Waals surface area contributed by atoms with E-state index in [4.69, 9.17) is 10.2 Å². The second kappa shape index (κ2) is 11.7. The molecule has 26 heavy (non-hydrogen) atoms. The molecular formula is C14H20N2O10. The van der Waals surface area contributed by atoms with Crippen LogP contribution in [0.25, 0.3) is 0 Å². The summed E-state index contributed by atoms with van der Waals surface area (Å²) >= 11 is 0. The fraction of sp³-hybridized carbons (Fsp3) is 0.571. The van der Waals surface area contributed by atoms with Crippen LogP contribution in [0.2, 0.25) is 0 Å². The van der Waals surface area contributed by atoms with E-state index in [0.717, 1.165) is 9.80 Å². The summed E-state index contributed by atoms with van der Waals surface area (Å²) in [6.45, 7) is -2.48. The van der Waals surface area contributed by atoms with Gasteiger partial charge in [0.05, 0.1) is 26.2 Å². The summed E-state index contributed by atoms with van der Waals surface area (Å²) in [5.74, 6) is -5.67. The minimum absolute atomic E-state index is 0.316. The Morgan fingerprint density at radius 1 is 0.692 bits per heavy atom. The summed E-state index contributed by atoms with van der Waals surface area (Å²) in [6.07, 6.45) is -0.113. The van der Waals surface area contributed by atoms with E-state index in [2.05, 4.69) is 0 Å². The van der Waals surface area contributed by atoms with Gasteiger partial charge in [0.1, 0.15) is 24.7 Å². The van der Waals surface area contributed by atoms with Gasteiger partial charge >= 0.3 is 23.9 Å².